The predicted molar refractivity (Wildman–Crippen MR) is 122 cm³/mol. The maximum absolute atomic E-state index is 12.7. The quantitative estimate of drug-likeness (QED) is 0.556. The van der Waals surface area contributed by atoms with Crippen LogP contribution < -0.4 is 5.32 Å². The Kier molecular flexibility index (Phi) is 6.71. The van der Waals surface area contributed by atoms with E-state index >= 15 is 0 Å². The van der Waals surface area contributed by atoms with Gasteiger partial charge < -0.3 is 14.6 Å². The summed E-state index contributed by atoms with van der Waals surface area (Å²) in [6, 6.07) is 11.6. The Morgan fingerprint density at radius 3 is 2.53 bits per heavy atom. The van der Waals surface area contributed by atoms with Crippen molar-refractivity contribution in [2.75, 3.05) is 31.6 Å². The standard InChI is InChI=1S/C22H21ClN4O4S/c23-20-15-18(4-7-21(20)26-10-9-24-16-26)25-22(28)8-3-17-1-5-19(6-2-17)32(29,30)27-11-13-31-14-12-27/h1-10,15-16H,11-14H2,(H,25,28)/b8-3+. The second-order valence-electron chi connectivity index (χ2n) is 7.04. The third-order valence-corrected chi connectivity index (χ3v) is 7.13. The summed E-state index contributed by atoms with van der Waals surface area (Å²) >= 11 is 6.31. The zero-order chi connectivity index (χ0) is 22.6. The highest BCUT2D eigenvalue weighted by atomic mass is 35.5. The average molecular weight is 473 g/mol. The van der Waals surface area contributed by atoms with Gasteiger partial charge in [-0.3, -0.25) is 4.79 Å². The number of hydrogen-bond donors (Lipinski definition) is 1. The minimum absolute atomic E-state index is 0.216. The van der Waals surface area contributed by atoms with Gasteiger partial charge in [0.2, 0.25) is 15.9 Å². The number of carbonyl (C=O) groups is 1. The largest absolute Gasteiger partial charge is 0.379 e. The van der Waals surface area contributed by atoms with Crippen molar-refractivity contribution >= 4 is 39.3 Å². The van der Waals surface area contributed by atoms with Gasteiger partial charge in [0.05, 0.1) is 35.1 Å². The lowest BCUT2D eigenvalue weighted by molar-refractivity contribution is -0.111. The molecule has 8 nitrogen and oxygen atoms in total. The molecular formula is C22H21ClN4O4S. The first-order valence-electron chi connectivity index (χ1n) is 9.88. The van der Waals surface area contributed by atoms with Gasteiger partial charge in [0.1, 0.15) is 0 Å². The summed E-state index contributed by atoms with van der Waals surface area (Å²) in [6.07, 6.45) is 8.06. The molecule has 1 aliphatic rings. The van der Waals surface area contributed by atoms with Crippen LogP contribution in [0.2, 0.25) is 5.02 Å². The molecule has 0 spiro atoms. The van der Waals surface area contributed by atoms with Crippen LogP contribution in [-0.2, 0) is 19.6 Å². The molecule has 0 atom stereocenters. The van der Waals surface area contributed by atoms with Gasteiger partial charge in [-0.1, -0.05) is 23.7 Å². The van der Waals surface area contributed by atoms with Gasteiger partial charge in [-0.25, -0.2) is 13.4 Å². The molecule has 3 aromatic rings. The molecule has 1 N–H and O–H groups in total. The van der Waals surface area contributed by atoms with Crippen LogP contribution in [-0.4, -0.2) is 54.5 Å². The lowest BCUT2D eigenvalue weighted by Crippen LogP contribution is -2.40. The fraction of sp³-hybridized carbons (Fsp3) is 0.182. The fourth-order valence-electron chi connectivity index (χ4n) is 3.24. The lowest BCUT2D eigenvalue weighted by Gasteiger charge is -2.26. The fourth-order valence-corrected chi connectivity index (χ4v) is 4.92. The summed E-state index contributed by atoms with van der Waals surface area (Å²) in [7, 11) is -3.54. The maximum Gasteiger partial charge on any atom is 0.248 e. The Balaban J connectivity index is 1.39. The molecule has 4 rings (SSSR count). The normalized spacial score (nSPS) is 15.2. The van der Waals surface area contributed by atoms with Crippen LogP contribution >= 0.6 is 11.6 Å². The van der Waals surface area contributed by atoms with Crippen LogP contribution in [0.25, 0.3) is 11.8 Å². The summed E-state index contributed by atoms with van der Waals surface area (Å²) in [4.78, 5) is 16.5. The second-order valence-corrected chi connectivity index (χ2v) is 9.39. The summed E-state index contributed by atoms with van der Waals surface area (Å²) in [5, 5.41) is 3.23. The van der Waals surface area contributed by atoms with E-state index < -0.39 is 10.0 Å². The van der Waals surface area contributed by atoms with Crippen LogP contribution in [0.1, 0.15) is 5.56 Å². The van der Waals surface area contributed by atoms with E-state index in [-0.39, 0.29) is 10.8 Å². The molecule has 32 heavy (non-hydrogen) atoms. The number of nitrogens with zero attached hydrogens (tertiary/aromatic N) is 3. The smallest absolute Gasteiger partial charge is 0.248 e. The number of aromatic nitrogens is 2. The van der Waals surface area contributed by atoms with Gasteiger partial charge in [0.25, 0.3) is 0 Å². The minimum Gasteiger partial charge on any atom is -0.379 e. The van der Waals surface area contributed by atoms with Gasteiger partial charge in [-0.15, -0.1) is 0 Å². The van der Waals surface area contributed by atoms with Crippen LogP contribution in [0.5, 0.6) is 0 Å². The highest BCUT2D eigenvalue weighted by Gasteiger charge is 2.25. The average Bonchev–Trinajstić information content (AvgIpc) is 3.33. The SMILES string of the molecule is O=C(/C=C/c1ccc(S(=O)(=O)N2CCOCC2)cc1)Nc1ccc(-n2ccnc2)c(Cl)c1. The summed E-state index contributed by atoms with van der Waals surface area (Å²) in [6.45, 7) is 1.48. The van der Waals surface area contributed by atoms with E-state index in [2.05, 4.69) is 10.3 Å². The Bertz CT molecular complexity index is 1220. The van der Waals surface area contributed by atoms with E-state index in [0.717, 1.165) is 5.69 Å². The number of benzene rings is 2. The number of sulfonamides is 1. The van der Waals surface area contributed by atoms with Crippen molar-refractivity contribution in [3.63, 3.8) is 0 Å². The predicted octanol–water partition coefficient (Wildman–Crippen LogP) is 3.20. The highest BCUT2D eigenvalue weighted by molar-refractivity contribution is 7.89. The van der Waals surface area contributed by atoms with E-state index in [9.17, 15) is 13.2 Å². The Hall–Kier alpha value is -2.98. The lowest BCUT2D eigenvalue weighted by atomic mass is 10.2. The number of imidazole rings is 1. The van der Waals surface area contributed by atoms with Gasteiger partial charge >= 0.3 is 0 Å². The van der Waals surface area contributed by atoms with E-state index in [0.29, 0.717) is 42.6 Å². The summed E-state index contributed by atoms with van der Waals surface area (Å²) in [5.74, 6) is -0.332. The number of anilines is 1. The van der Waals surface area contributed by atoms with E-state index in [1.165, 1.54) is 22.5 Å². The maximum atomic E-state index is 12.7. The molecule has 0 unspecified atom stereocenters. The topological polar surface area (TPSA) is 93.5 Å². The zero-order valence-electron chi connectivity index (χ0n) is 17.0. The molecule has 1 fully saturated rings. The van der Waals surface area contributed by atoms with Crippen molar-refractivity contribution in [2.45, 2.75) is 4.90 Å². The summed E-state index contributed by atoms with van der Waals surface area (Å²) < 4.78 is 33.7. The highest BCUT2D eigenvalue weighted by Crippen LogP contribution is 2.24. The number of ether oxygens (including phenoxy) is 1. The van der Waals surface area contributed by atoms with E-state index in [1.807, 2.05) is 0 Å². The van der Waals surface area contributed by atoms with Crippen LogP contribution in [0, 0.1) is 0 Å². The minimum atomic E-state index is -3.54. The van der Waals surface area contributed by atoms with Crippen molar-refractivity contribution in [3.8, 4) is 5.69 Å². The molecule has 10 heteroatoms. The third-order valence-electron chi connectivity index (χ3n) is 4.91. The van der Waals surface area contributed by atoms with Crippen LogP contribution in [0.15, 0.2) is 72.2 Å². The van der Waals surface area contributed by atoms with Crippen LogP contribution in [0.4, 0.5) is 5.69 Å². The number of rotatable bonds is 6. The first-order valence-corrected chi connectivity index (χ1v) is 11.7. The van der Waals surface area contributed by atoms with Crippen molar-refractivity contribution in [2.24, 2.45) is 0 Å². The molecule has 2 heterocycles. The molecular weight excluding hydrogens is 452 g/mol. The molecule has 2 aromatic carbocycles. The number of halogens is 1. The number of nitrogens with one attached hydrogen (secondary N) is 1. The molecule has 0 bridgehead atoms. The molecule has 1 saturated heterocycles. The number of carbonyl (C=O) groups excluding carboxylic acids is 1. The Morgan fingerprint density at radius 1 is 1.12 bits per heavy atom. The molecule has 1 aromatic heterocycles. The van der Waals surface area contributed by atoms with Crippen molar-refractivity contribution < 1.29 is 17.9 Å². The first-order chi connectivity index (χ1) is 15.4. The van der Waals surface area contributed by atoms with Crippen molar-refractivity contribution in [1.82, 2.24) is 13.9 Å². The monoisotopic (exact) mass is 472 g/mol. The number of hydrogen-bond acceptors (Lipinski definition) is 5. The zero-order valence-corrected chi connectivity index (χ0v) is 18.6. The van der Waals surface area contributed by atoms with Gasteiger partial charge in [-0.2, -0.15) is 4.31 Å². The van der Waals surface area contributed by atoms with Crippen molar-refractivity contribution in [1.29, 1.82) is 0 Å². The van der Waals surface area contributed by atoms with Gasteiger partial charge in [0, 0.05) is 37.2 Å². The molecule has 0 aliphatic carbocycles. The first kappa shape index (κ1) is 22.2. The molecule has 0 radical (unpaired) electrons. The van der Waals surface area contributed by atoms with E-state index in [1.54, 1.807) is 59.7 Å². The molecule has 166 valence electrons. The Morgan fingerprint density at radius 2 is 1.88 bits per heavy atom. The molecule has 1 aliphatic heterocycles. The van der Waals surface area contributed by atoms with Crippen LogP contribution in [0.3, 0.4) is 0 Å². The second kappa shape index (κ2) is 9.66. The number of morpholine rings is 1. The van der Waals surface area contributed by atoms with Crippen molar-refractivity contribution in [3.05, 3.63) is 77.8 Å². The van der Waals surface area contributed by atoms with Gasteiger partial charge in [0.15, 0.2) is 0 Å². The van der Waals surface area contributed by atoms with Gasteiger partial charge in [-0.05, 0) is 42.0 Å². The Labute approximate surface area is 191 Å². The molecule has 1 amide bonds. The third kappa shape index (κ3) is 5.08. The molecule has 0 saturated carbocycles. The summed E-state index contributed by atoms with van der Waals surface area (Å²) in [5.41, 5.74) is 2.01. The van der Waals surface area contributed by atoms with E-state index in [4.69, 9.17) is 16.3 Å². The number of amides is 1.